The molecule has 1 aliphatic heterocycles. The average molecular weight is 488 g/mol. The minimum absolute atomic E-state index is 0.00251. The lowest BCUT2D eigenvalue weighted by molar-refractivity contribution is -0.132. The SMILES string of the molecule is CCCOc1cccc(N2C(=O)C(=O)/C(=C(/O)c3ccc(OCC)cc3)C2c2cccc(OC)c2)c1. The molecule has 0 spiro atoms. The number of carbonyl (C=O) groups excluding carboxylic acids is 2. The molecule has 7 nitrogen and oxygen atoms in total. The van der Waals surface area contributed by atoms with Crippen molar-refractivity contribution in [2.75, 3.05) is 25.2 Å². The van der Waals surface area contributed by atoms with E-state index in [1.54, 1.807) is 79.9 Å². The van der Waals surface area contributed by atoms with E-state index in [1.165, 1.54) is 4.90 Å². The molecule has 1 saturated heterocycles. The van der Waals surface area contributed by atoms with Crippen LogP contribution in [0.2, 0.25) is 0 Å². The zero-order chi connectivity index (χ0) is 25.7. The van der Waals surface area contributed by atoms with Gasteiger partial charge >= 0.3 is 0 Å². The normalized spacial score (nSPS) is 16.8. The maximum atomic E-state index is 13.4. The summed E-state index contributed by atoms with van der Waals surface area (Å²) < 4.78 is 16.6. The van der Waals surface area contributed by atoms with E-state index >= 15 is 0 Å². The third kappa shape index (κ3) is 4.91. The summed E-state index contributed by atoms with van der Waals surface area (Å²) in [7, 11) is 1.55. The zero-order valence-electron chi connectivity index (χ0n) is 20.6. The lowest BCUT2D eigenvalue weighted by Crippen LogP contribution is -2.29. The van der Waals surface area contributed by atoms with Gasteiger partial charge in [0.25, 0.3) is 11.7 Å². The summed E-state index contributed by atoms with van der Waals surface area (Å²) in [6.45, 7) is 4.92. The molecule has 1 fully saturated rings. The van der Waals surface area contributed by atoms with Crippen LogP contribution in [0.25, 0.3) is 5.76 Å². The first-order chi connectivity index (χ1) is 17.5. The molecule has 0 bridgehead atoms. The van der Waals surface area contributed by atoms with E-state index in [4.69, 9.17) is 14.2 Å². The molecule has 0 aliphatic carbocycles. The molecule has 186 valence electrons. The Kier molecular flexibility index (Phi) is 7.59. The van der Waals surface area contributed by atoms with Crippen molar-refractivity contribution in [3.63, 3.8) is 0 Å². The number of amides is 1. The maximum Gasteiger partial charge on any atom is 0.300 e. The summed E-state index contributed by atoms with van der Waals surface area (Å²) in [5.41, 5.74) is 1.52. The molecule has 1 aliphatic rings. The summed E-state index contributed by atoms with van der Waals surface area (Å²) in [4.78, 5) is 28.2. The molecule has 4 rings (SSSR count). The van der Waals surface area contributed by atoms with Crippen LogP contribution in [0.3, 0.4) is 0 Å². The van der Waals surface area contributed by atoms with Gasteiger partial charge in [-0.25, -0.2) is 0 Å². The highest BCUT2D eigenvalue weighted by molar-refractivity contribution is 6.51. The fourth-order valence-electron chi connectivity index (χ4n) is 4.20. The Morgan fingerprint density at radius 2 is 1.61 bits per heavy atom. The molecule has 3 aromatic carbocycles. The van der Waals surface area contributed by atoms with Crippen molar-refractivity contribution in [3.8, 4) is 17.2 Å². The van der Waals surface area contributed by atoms with E-state index in [0.29, 0.717) is 47.3 Å². The topological polar surface area (TPSA) is 85.3 Å². The molecule has 1 N–H and O–H groups in total. The minimum Gasteiger partial charge on any atom is -0.507 e. The molecule has 1 unspecified atom stereocenters. The van der Waals surface area contributed by atoms with E-state index in [2.05, 4.69) is 0 Å². The number of ketones is 1. The summed E-state index contributed by atoms with van der Waals surface area (Å²) in [5.74, 6) is 0.0382. The van der Waals surface area contributed by atoms with Gasteiger partial charge < -0.3 is 19.3 Å². The van der Waals surface area contributed by atoms with E-state index < -0.39 is 17.7 Å². The third-order valence-corrected chi connectivity index (χ3v) is 5.86. The van der Waals surface area contributed by atoms with Gasteiger partial charge in [0.2, 0.25) is 0 Å². The Morgan fingerprint density at radius 3 is 2.31 bits per heavy atom. The lowest BCUT2D eigenvalue weighted by Gasteiger charge is -2.26. The highest BCUT2D eigenvalue weighted by atomic mass is 16.5. The molecule has 0 saturated carbocycles. The Hall–Kier alpha value is -4.26. The number of aliphatic hydroxyl groups excluding tert-OH is 1. The van der Waals surface area contributed by atoms with Crippen LogP contribution in [-0.4, -0.2) is 37.1 Å². The van der Waals surface area contributed by atoms with Crippen molar-refractivity contribution in [3.05, 3.63) is 89.5 Å². The van der Waals surface area contributed by atoms with Crippen molar-refractivity contribution in [2.45, 2.75) is 26.3 Å². The molecular formula is C29H29NO6. The number of benzene rings is 3. The molecule has 1 heterocycles. The van der Waals surface area contributed by atoms with Crippen LogP contribution < -0.4 is 19.1 Å². The fourth-order valence-corrected chi connectivity index (χ4v) is 4.20. The highest BCUT2D eigenvalue weighted by Gasteiger charge is 2.47. The molecular weight excluding hydrogens is 458 g/mol. The van der Waals surface area contributed by atoms with Crippen LogP contribution in [0.15, 0.2) is 78.4 Å². The summed E-state index contributed by atoms with van der Waals surface area (Å²) in [5, 5.41) is 11.3. The summed E-state index contributed by atoms with van der Waals surface area (Å²) >= 11 is 0. The van der Waals surface area contributed by atoms with Gasteiger partial charge in [-0.2, -0.15) is 0 Å². The van der Waals surface area contributed by atoms with Crippen molar-refractivity contribution in [1.82, 2.24) is 0 Å². The number of hydrogen-bond donors (Lipinski definition) is 1. The molecule has 1 amide bonds. The maximum absolute atomic E-state index is 13.4. The first-order valence-electron chi connectivity index (χ1n) is 11.9. The summed E-state index contributed by atoms with van der Waals surface area (Å²) in [6, 6.07) is 20.0. The molecule has 1 atom stereocenters. The summed E-state index contributed by atoms with van der Waals surface area (Å²) in [6.07, 6.45) is 0.834. The number of hydrogen-bond acceptors (Lipinski definition) is 6. The number of anilines is 1. The number of ether oxygens (including phenoxy) is 3. The van der Waals surface area contributed by atoms with Crippen molar-refractivity contribution in [1.29, 1.82) is 0 Å². The Labute approximate surface area is 210 Å². The first kappa shape index (κ1) is 24.9. The smallest absolute Gasteiger partial charge is 0.300 e. The van der Waals surface area contributed by atoms with Crippen LogP contribution in [-0.2, 0) is 9.59 Å². The first-order valence-corrected chi connectivity index (χ1v) is 11.9. The van der Waals surface area contributed by atoms with E-state index in [1.807, 2.05) is 13.8 Å². The number of nitrogens with zero attached hydrogens (tertiary/aromatic N) is 1. The largest absolute Gasteiger partial charge is 0.507 e. The van der Waals surface area contributed by atoms with Crippen LogP contribution in [0, 0.1) is 0 Å². The van der Waals surface area contributed by atoms with E-state index in [9.17, 15) is 14.7 Å². The van der Waals surface area contributed by atoms with Gasteiger partial charge in [-0.1, -0.05) is 25.1 Å². The lowest BCUT2D eigenvalue weighted by atomic mass is 9.95. The van der Waals surface area contributed by atoms with Crippen LogP contribution in [0.1, 0.15) is 37.4 Å². The van der Waals surface area contributed by atoms with E-state index in [0.717, 1.165) is 6.42 Å². The predicted molar refractivity (Wildman–Crippen MR) is 138 cm³/mol. The molecule has 3 aromatic rings. The predicted octanol–water partition coefficient (Wildman–Crippen LogP) is 5.51. The van der Waals surface area contributed by atoms with Gasteiger partial charge in [0.1, 0.15) is 23.0 Å². The molecule has 0 radical (unpaired) electrons. The number of carbonyl (C=O) groups is 2. The van der Waals surface area contributed by atoms with Crippen LogP contribution >= 0.6 is 0 Å². The number of Topliss-reactive ketones (excluding diaryl/α,β-unsaturated/α-hetero) is 1. The van der Waals surface area contributed by atoms with Crippen LogP contribution in [0.4, 0.5) is 5.69 Å². The fraction of sp³-hybridized carbons (Fsp3) is 0.241. The van der Waals surface area contributed by atoms with Crippen molar-refractivity contribution < 1.29 is 28.9 Å². The standard InChI is InChI=1S/C29H29NO6/c1-4-16-36-24-11-7-9-21(18-24)30-26(20-8-6-10-23(17-20)34-3)25(28(32)29(30)33)27(31)19-12-14-22(15-13-19)35-5-2/h6-15,17-18,26,31H,4-5,16H2,1-3H3/b27-25+. The minimum atomic E-state index is -0.868. The van der Waals surface area contributed by atoms with Gasteiger partial charge in [-0.3, -0.25) is 14.5 Å². The number of rotatable bonds is 9. The second-order valence-electron chi connectivity index (χ2n) is 8.25. The Morgan fingerprint density at radius 1 is 0.889 bits per heavy atom. The quantitative estimate of drug-likeness (QED) is 0.243. The highest BCUT2D eigenvalue weighted by Crippen LogP contribution is 2.43. The Balaban J connectivity index is 1.87. The van der Waals surface area contributed by atoms with Gasteiger partial charge in [-0.05, 0) is 67.4 Å². The monoisotopic (exact) mass is 487 g/mol. The zero-order valence-corrected chi connectivity index (χ0v) is 20.6. The van der Waals surface area contributed by atoms with E-state index in [-0.39, 0.29) is 11.3 Å². The molecule has 36 heavy (non-hydrogen) atoms. The molecule has 0 aromatic heterocycles. The number of methoxy groups -OCH3 is 1. The van der Waals surface area contributed by atoms with Crippen LogP contribution in [0.5, 0.6) is 17.2 Å². The molecule has 7 heteroatoms. The average Bonchev–Trinajstić information content (AvgIpc) is 3.18. The second kappa shape index (κ2) is 11.0. The number of aliphatic hydroxyl groups is 1. The van der Waals surface area contributed by atoms with Gasteiger partial charge in [-0.15, -0.1) is 0 Å². The third-order valence-electron chi connectivity index (χ3n) is 5.86. The van der Waals surface area contributed by atoms with Gasteiger partial charge in [0.05, 0.1) is 31.9 Å². The Bertz CT molecular complexity index is 1280. The van der Waals surface area contributed by atoms with Gasteiger partial charge in [0.15, 0.2) is 0 Å². The van der Waals surface area contributed by atoms with Crippen molar-refractivity contribution >= 4 is 23.1 Å². The second-order valence-corrected chi connectivity index (χ2v) is 8.25. The van der Waals surface area contributed by atoms with Crippen molar-refractivity contribution in [2.24, 2.45) is 0 Å². The van der Waals surface area contributed by atoms with Gasteiger partial charge in [0, 0.05) is 17.3 Å².